The van der Waals surface area contributed by atoms with Crippen LogP contribution in [-0.4, -0.2) is 17.1 Å². The van der Waals surface area contributed by atoms with Crippen LogP contribution >= 0.6 is 11.3 Å². The molecule has 5 heteroatoms. The van der Waals surface area contributed by atoms with E-state index in [1.165, 1.54) is 23.3 Å². The fraction of sp³-hybridized carbons (Fsp3) is 0.267. The maximum Gasteiger partial charge on any atom is 0.281 e. The number of fused-ring (bicyclic) bond motifs is 1. The summed E-state index contributed by atoms with van der Waals surface area (Å²) in [7, 11) is 0. The average molecular weight is 285 g/mol. The van der Waals surface area contributed by atoms with Crippen LogP contribution in [0.25, 0.3) is 0 Å². The van der Waals surface area contributed by atoms with Gasteiger partial charge in [0.1, 0.15) is 0 Å². The summed E-state index contributed by atoms with van der Waals surface area (Å²) < 4.78 is 0. The molecule has 0 aliphatic heterocycles. The number of nitrogens with zero attached hydrogens (tertiary/aromatic N) is 2. The molecule has 0 atom stereocenters. The van der Waals surface area contributed by atoms with Crippen LogP contribution in [0.5, 0.6) is 0 Å². The van der Waals surface area contributed by atoms with Crippen LogP contribution in [-0.2, 0) is 12.8 Å². The normalized spacial score (nSPS) is 14.2. The van der Waals surface area contributed by atoms with E-state index in [2.05, 4.69) is 15.5 Å². The highest BCUT2D eigenvalue weighted by Gasteiger charge is 2.16. The minimum absolute atomic E-state index is 0.130. The summed E-state index contributed by atoms with van der Waals surface area (Å²) >= 11 is 1.59. The molecule has 1 aliphatic carbocycles. The minimum atomic E-state index is -0.130. The molecule has 0 radical (unpaired) electrons. The molecule has 0 unspecified atom stereocenters. The molecule has 0 fully saturated rings. The summed E-state index contributed by atoms with van der Waals surface area (Å²) in [6, 6.07) is 5.68. The third-order valence-electron chi connectivity index (χ3n) is 3.31. The number of nitrogens with one attached hydrogen (secondary N) is 1. The van der Waals surface area contributed by atoms with Gasteiger partial charge in [-0.05, 0) is 55.0 Å². The van der Waals surface area contributed by atoms with Gasteiger partial charge in [-0.2, -0.15) is 5.10 Å². The van der Waals surface area contributed by atoms with Crippen molar-refractivity contribution in [3.05, 3.63) is 51.5 Å². The molecule has 2 heterocycles. The van der Waals surface area contributed by atoms with Gasteiger partial charge in [-0.3, -0.25) is 9.78 Å². The Morgan fingerprint density at radius 1 is 1.30 bits per heavy atom. The van der Waals surface area contributed by atoms with Gasteiger partial charge in [0.05, 0.1) is 11.1 Å². The van der Waals surface area contributed by atoms with Gasteiger partial charge in [-0.25, -0.2) is 5.43 Å². The standard InChI is InChI=1S/C15H15N3OS/c19-15(18-17-10-11-5-7-16-8-6-11)14-9-12-3-1-2-4-13(12)20-14/h5-10H,1-4H2,(H,18,19). The number of aryl methyl sites for hydroxylation is 2. The number of pyridine rings is 1. The molecule has 1 aliphatic rings. The largest absolute Gasteiger partial charge is 0.281 e. The number of amides is 1. The molecule has 0 bridgehead atoms. The predicted molar refractivity (Wildman–Crippen MR) is 80.3 cm³/mol. The monoisotopic (exact) mass is 285 g/mol. The zero-order valence-corrected chi connectivity index (χ0v) is 11.8. The van der Waals surface area contributed by atoms with Gasteiger partial charge in [0.15, 0.2) is 0 Å². The van der Waals surface area contributed by atoms with Crippen molar-refractivity contribution in [3.63, 3.8) is 0 Å². The second kappa shape index (κ2) is 5.96. The SMILES string of the molecule is O=C(NN=Cc1ccncc1)c1cc2c(s1)CCCC2. The van der Waals surface area contributed by atoms with Crippen LogP contribution in [0.3, 0.4) is 0 Å². The Morgan fingerprint density at radius 3 is 2.90 bits per heavy atom. The molecule has 3 rings (SSSR count). The number of aromatic nitrogens is 1. The van der Waals surface area contributed by atoms with E-state index in [1.54, 1.807) is 29.9 Å². The van der Waals surface area contributed by atoms with Crippen molar-refractivity contribution < 1.29 is 4.79 Å². The zero-order chi connectivity index (χ0) is 13.8. The van der Waals surface area contributed by atoms with Crippen LogP contribution in [0.15, 0.2) is 35.7 Å². The Hall–Kier alpha value is -2.01. The summed E-state index contributed by atoms with van der Waals surface area (Å²) in [4.78, 5) is 18.1. The first-order valence-corrected chi connectivity index (χ1v) is 7.49. The number of rotatable bonds is 3. The van der Waals surface area contributed by atoms with Crippen molar-refractivity contribution >= 4 is 23.5 Å². The fourth-order valence-electron chi connectivity index (χ4n) is 2.27. The molecule has 1 amide bonds. The van der Waals surface area contributed by atoms with Crippen molar-refractivity contribution in [2.45, 2.75) is 25.7 Å². The van der Waals surface area contributed by atoms with Crippen LogP contribution < -0.4 is 5.43 Å². The Kier molecular flexibility index (Phi) is 3.87. The number of hydrogen-bond acceptors (Lipinski definition) is 4. The Bertz CT molecular complexity index is 610. The lowest BCUT2D eigenvalue weighted by Crippen LogP contribution is -2.16. The lowest BCUT2D eigenvalue weighted by atomic mass is 9.99. The molecule has 0 aromatic carbocycles. The maximum absolute atomic E-state index is 12.0. The second-order valence-electron chi connectivity index (χ2n) is 4.75. The molecular formula is C15H15N3OS. The minimum Gasteiger partial charge on any atom is -0.266 e. The highest BCUT2D eigenvalue weighted by molar-refractivity contribution is 7.14. The number of carbonyl (C=O) groups is 1. The van der Waals surface area contributed by atoms with Crippen LogP contribution in [0.2, 0.25) is 0 Å². The lowest BCUT2D eigenvalue weighted by Gasteiger charge is -2.08. The Morgan fingerprint density at radius 2 is 2.10 bits per heavy atom. The van der Waals surface area contributed by atoms with Gasteiger partial charge in [-0.15, -0.1) is 11.3 Å². The summed E-state index contributed by atoms with van der Waals surface area (Å²) in [6.45, 7) is 0. The van der Waals surface area contributed by atoms with Crippen molar-refractivity contribution in [3.8, 4) is 0 Å². The quantitative estimate of drug-likeness (QED) is 0.696. The third-order valence-corrected chi connectivity index (χ3v) is 4.54. The van der Waals surface area contributed by atoms with Gasteiger partial charge in [-0.1, -0.05) is 0 Å². The van der Waals surface area contributed by atoms with E-state index in [-0.39, 0.29) is 5.91 Å². The molecule has 0 spiro atoms. The van der Waals surface area contributed by atoms with Crippen LogP contribution in [0, 0.1) is 0 Å². The smallest absolute Gasteiger partial charge is 0.266 e. The summed E-state index contributed by atoms with van der Waals surface area (Å²) in [5.74, 6) is -0.130. The first-order valence-electron chi connectivity index (χ1n) is 6.68. The van der Waals surface area contributed by atoms with E-state index in [1.807, 2.05) is 18.2 Å². The van der Waals surface area contributed by atoms with Gasteiger partial charge >= 0.3 is 0 Å². The molecule has 20 heavy (non-hydrogen) atoms. The molecular weight excluding hydrogens is 270 g/mol. The van der Waals surface area contributed by atoms with Gasteiger partial charge in [0.25, 0.3) is 5.91 Å². The van der Waals surface area contributed by atoms with E-state index in [9.17, 15) is 4.79 Å². The fourth-order valence-corrected chi connectivity index (χ4v) is 3.42. The highest BCUT2D eigenvalue weighted by Crippen LogP contribution is 2.29. The van der Waals surface area contributed by atoms with Crippen LogP contribution in [0.1, 0.15) is 38.5 Å². The number of carbonyl (C=O) groups excluding carboxylic acids is 1. The van der Waals surface area contributed by atoms with E-state index < -0.39 is 0 Å². The molecule has 1 N–H and O–H groups in total. The van der Waals surface area contributed by atoms with Crippen LogP contribution in [0.4, 0.5) is 0 Å². The first kappa shape index (κ1) is 13.0. The summed E-state index contributed by atoms with van der Waals surface area (Å²) in [5, 5.41) is 3.98. The molecule has 102 valence electrons. The molecule has 0 saturated heterocycles. The zero-order valence-electron chi connectivity index (χ0n) is 11.0. The van der Waals surface area contributed by atoms with E-state index in [0.29, 0.717) is 0 Å². The van der Waals surface area contributed by atoms with Crippen molar-refractivity contribution in [1.82, 2.24) is 10.4 Å². The number of hydrogen-bond donors (Lipinski definition) is 1. The molecule has 4 nitrogen and oxygen atoms in total. The topological polar surface area (TPSA) is 54.4 Å². The average Bonchev–Trinajstić information content (AvgIpc) is 2.92. The molecule has 2 aromatic rings. The molecule has 0 saturated carbocycles. The Labute approximate surface area is 121 Å². The lowest BCUT2D eigenvalue weighted by molar-refractivity contribution is 0.0959. The van der Waals surface area contributed by atoms with Gasteiger partial charge < -0.3 is 0 Å². The third kappa shape index (κ3) is 2.93. The van der Waals surface area contributed by atoms with Gasteiger partial charge in [0.2, 0.25) is 0 Å². The highest BCUT2D eigenvalue weighted by atomic mass is 32.1. The van der Waals surface area contributed by atoms with Crippen molar-refractivity contribution in [2.75, 3.05) is 0 Å². The summed E-state index contributed by atoms with van der Waals surface area (Å²) in [6.07, 6.45) is 9.66. The van der Waals surface area contributed by atoms with Gasteiger partial charge in [0, 0.05) is 17.3 Å². The second-order valence-corrected chi connectivity index (χ2v) is 5.88. The van der Waals surface area contributed by atoms with E-state index in [0.717, 1.165) is 23.3 Å². The van der Waals surface area contributed by atoms with E-state index >= 15 is 0 Å². The number of hydrazone groups is 1. The van der Waals surface area contributed by atoms with Crippen molar-refractivity contribution in [2.24, 2.45) is 5.10 Å². The summed E-state index contributed by atoms with van der Waals surface area (Å²) in [5.41, 5.74) is 4.82. The maximum atomic E-state index is 12.0. The Balaban J connectivity index is 1.65. The molecule has 2 aromatic heterocycles. The number of thiophene rings is 1. The van der Waals surface area contributed by atoms with Crippen molar-refractivity contribution in [1.29, 1.82) is 0 Å². The first-order chi connectivity index (χ1) is 9.83. The van der Waals surface area contributed by atoms with E-state index in [4.69, 9.17) is 0 Å². The predicted octanol–water partition coefficient (Wildman–Crippen LogP) is 2.79.